The molecule has 66 valence electrons. The first-order valence-electron chi connectivity index (χ1n) is 0. The predicted molar refractivity (Wildman–Crippen MR) is 32.3 cm³/mol. The molecule has 0 rings (SSSR count). The Balaban J connectivity index is 0. The maximum absolute atomic E-state index is 0. The molecule has 0 N–H and O–H groups in total. The minimum absolute atomic E-state index is 0. The van der Waals surface area contributed by atoms with Crippen molar-refractivity contribution in [3.05, 3.63) is 0 Å². The molecule has 0 aliphatic heterocycles. The van der Waals surface area contributed by atoms with E-state index in [2.05, 4.69) is 0 Å². The van der Waals surface area contributed by atoms with Crippen LogP contribution in [0.15, 0.2) is 0 Å². The third-order valence-electron chi connectivity index (χ3n) is 0. The first kappa shape index (κ1) is 653. The molecule has 0 amide bonds. The first-order chi connectivity index (χ1) is 0. The maximum Gasteiger partial charge on any atom is 0 e. The summed E-state index contributed by atoms with van der Waals surface area (Å²) >= 11 is 0. The molecule has 0 bridgehead atoms. The largest absolute Gasteiger partial charge is 0.269 e. The molecule has 0 heterocycles. The fourth-order valence-electron chi connectivity index (χ4n) is 0. The van der Waals surface area contributed by atoms with Crippen molar-refractivity contribution in [1.82, 2.24) is 0 Å². The van der Waals surface area contributed by atoms with Gasteiger partial charge in [0, 0.05) is 51.2 Å². The SMILES string of the molecule is F.F.F.F.F.F.[Se].[Se].[Se]. The van der Waals surface area contributed by atoms with Crippen LogP contribution >= 0.6 is 0 Å². The van der Waals surface area contributed by atoms with Crippen LogP contribution in [0.4, 0.5) is 28.2 Å². The summed E-state index contributed by atoms with van der Waals surface area (Å²) in [7, 11) is 0. The van der Waals surface area contributed by atoms with E-state index in [1.807, 2.05) is 0 Å². The normalized spacial score (nSPS) is 0. The van der Waals surface area contributed by atoms with E-state index in [1.54, 1.807) is 0 Å². The Morgan fingerprint density at radius 1 is 0.222 bits per heavy atom. The second-order valence-electron chi connectivity index (χ2n) is 0. The molecule has 0 spiro atoms. The van der Waals surface area contributed by atoms with Gasteiger partial charge in [-0.15, -0.1) is 0 Å². The van der Waals surface area contributed by atoms with E-state index >= 15 is 0 Å². The van der Waals surface area contributed by atoms with Crippen molar-refractivity contribution in [2.75, 3.05) is 0 Å². The van der Waals surface area contributed by atoms with Gasteiger partial charge in [-0.05, 0) is 0 Å². The quantitative estimate of drug-likeness (QED) is 0.415. The topological polar surface area (TPSA) is 0 Å². The molecule has 0 fully saturated rings. The third kappa shape index (κ3) is 359. The Morgan fingerprint density at radius 3 is 0.222 bits per heavy atom. The molecule has 0 saturated carbocycles. The van der Waals surface area contributed by atoms with Gasteiger partial charge in [-0.25, -0.2) is 0 Å². The van der Waals surface area contributed by atoms with Gasteiger partial charge in [-0.1, -0.05) is 0 Å². The molecule has 0 saturated heterocycles. The van der Waals surface area contributed by atoms with Gasteiger partial charge < -0.3 is 0 Å². The van der Waals surface area contributed by atoms with Crippen LogP contribution in [-0.2, 0) is 0 Å². The summed E-state index contributed by atoms with van der Waals surface area (Å²) in [5, 5.41) is 0. The third-order valence-corrected chi connectivity index (χ3v) is 0. The molecule has 0 aliphatic carbocycles. The minimum Gasteiger partial charge on any atom is -0.269 e. The Morgan fingerprint density at radius 2 is 0.222 bits per heavy atom. The fraction of sp³-hybridized carbons (Fsp3) is 0. The summed E-state index contributed by atoms with van der Waals surface area (Å²) in [6.45, 7) is 0. The van der Waals surface area contributed by atoms with E-state index in [0.717, 1.165) is 0 Å². The van der Waals surface area contributed by atoms with Crippen LogP contribution < -0.4 is 0 Å². The average Bonchev–Trinajstić information content (AvgIpc) is 0. The summed E-state index contributed by atoms with van der Waals surface area (Å²) in [5.74, 6) is 0. The standard InChI is InChI=1S/6FH.3Se/h6*1H;;;. The number of rotatable bonds is 0. The molecule has 9 heavy (non-hydrogen) atoms. The van der Waals surface area contributed by atoms with Crippen LogP contribution in [0.2, 0.25) is 0 Å². The van der Waals surface area contributed by atoms with Crippen molar-refractivity contribution >= 4 is 51.2 Å². The maximum atomic E-state index is 0. The van der Waals surface area contributed by atoms with Crippen molar-refractivity contribution in [1.29, 1.82) is 0 Å². The summed E-state index contributed by atoms with van der Waals surface area (Å²) < 4.78 is 0. The zero-order valence-corrected chi connectivity index (χ0v) is 8.81. The van der Waals surface area contributed by atoms with E-state index in [1.165, 1.54) is 0 Å². The van der Waals surface area contributed by atoms with Crippen molar-refractivity contribution in [2.45, 2.75) is 0 Å². The van der Waals surface area contributed by atoms with Crippen LogP contribution in [-0.4, -0.2) is 51.2 Å². The summed E-state index contributed by atoms with van der Waals surface area (Å²) in [4.78, 5) is 0. The molecule has 0 aromatic carbocycles. The molecule has 9 heteroatoms. The van der Waals surface area contributed by atoms with E-state index in [0.29, 0.717) is 0 Å². The van der Waals surface area contributed by atoms with Gasteiger partial charge in [-0.3, -0.25) is 28.2 Å². The van der Waals surface area contributed by atoms with E-state index in [4.69, 9.17) is 0 Å². The van der Waals surface area contributed by atoms with Crippen LogP contribution in [0.25, 0.3) is 0 Å². The van der Waals surface area contributed by atoms with Crippen molar-refractivity contribution in [2.24, 2.45) is 0 Å². The Hall–Kier alpha value is 1.14. The summed E-state index contributed by atoms with van der Waals surface area (Å²) in [5.41, 5.74) is 0. The van der Waals surface area contributed by atoms with Crippen LogP contribution in [0.1, 0.15) is 0 Å². The molecular formula is H6F6Se3. The van der Waals surface area contributed by atoms with Crippen molar-refractivity contribution in [3.63, 3.8) is 0 Å². The van der Waals surface area contributed by atoms with E-state index in [-0.39, 0.29) is 79.4 Å². The van der Waals surface area contributed by atoms with Gasteiger partial charge in [0.1, 0.15) is 0 Å². The fourth-order valence-corrected chi connectivity index (χ4v) is 0. The summed E-state index contributed by atoms with van der Waals surface area (Å²) in [6.07, 6.45) is 0. The average molecular weight is 357 g/mol. The zero-order valence-electron chi connectivity index (χ0n) is 3.67. The Bertz CT molecular complexity index is 8.26. The van der Waals surface area contributed by atoms with Gasteiger partial charge in [0.2, 0.25) is 0 Å². The number of halogens is 6. The minimum atomic E-state index is 0. The molecule has 0 aromatic heterocycles. The van der Waals surface area contributed by atoms with E-state index in [9.17, 15) is 0 Å². The van der Waals surface area contributed by atoms with Gasteiger partial charge >= 0.3 is 0 Å². The molecule has 0 aliphatic rings. The smallest absolute Gasteiger partial charge is 0 e. The predicted octanol–water partition coefficient (Wildman–Crippen LogP) is -0.227. The monoisotopic (exact) mass is 360 g/mol. The van der Waals surface area contributed by atoms with Gasteiger partial charge in [0.15, 0.2) is 0 Å². The Labute approximate surface area is 79.5 Å². The zero-order chi connectivity index (χ0) is 0. The number of hydrogen-bond donors (Lipinski definition) is 0. The second kappa shape index (κ2) is 467. The molecule has 6 radical (unpaired) electrons. The molecule has 0 atom stereocenters. The number of hydrogen-bond acceptors (Lipinski definition) is 0. The first-order valence-corrected chi connectivity index (χ1v) is 0. The molecule has 0 nitrogen and oxygen atoms in total. The van der Waals surface area contributed by atoms with Gasteiger partial charge in [0.25, 0.3) is 0 Å². The van der Waals surface area contributed by atoms with Crippen LogP contribution in [0.5, 0.6) is 0 Å². The van der Waals surface area contributed by atoms with Gasteiger partial charge in [0.05, 0.1) is 0 Å². The van der Waals surface area contributed by atoms with Crippen molar-refractivity contribution < 1.29 is 28.2 Å². The summed E-state index contributed by atoms with van der Waals surface area (Å²) in [6, 6.07) is 0. The van der Waals surface area contributed by atoms with Gasteiger partial charge in [-0.2, -0.15) is 0 Å². The van der Waals surface area contributed by atoms with Crippen LogP contribution in [0.3, 0.4) is 0 Å². The van der Waals surface area contributed by atoms with Crippen LogP contribution in [0, 0.1) is 0 Å². The molecule has 0 unspecified atom stereocenters. The molecule has 0 aromatic rings. The van der Waals surface area contributed by atoms with E-state index < -0.39 is 0 Å². The molecular weight excluding hydrogens is 351 g/mol. The Kier molecular flexibility index (Phi) is 33900. The second-order valence-corrected chi connectivity index (χ2v) is 0. The van der Waals surface area contributed by atoms with Crippen molar-refractivity contribution in [3.8, 4) is 0 Å².